The van der Waals surface area contributed by atoms with Crippen molar-refractivity contribution in [3.63, 3.8) is 0 Å². The maximum Gasteiger partial charge on any atom is 0.295 e. The number of oxazole rings is 1. The lowest BCUT2D eigenvalue weighted by molar-refractivity contribution is 0.210. The maximum atomic E-state index is 11.4. The Kier molecular flexibility index (Phi) is 6.94. The first-order valence-corrected chi connectivity index (χ1v) is 12.9. The summed E-state index contributed by atoms with van der Waals surface area (Å²) >= 11 is 0. The van der Waals surface area contributed by atoms with Crippen molar-refractivity contribution in [2.75, 3.05) is 43.1 Å². The molecule has 9 nitrogen and oxygen atoms in total. The van der Waals surface area contributed by atoms with Crippen LogP contribution in [0.2, 0.25) is 0 Å². The van der Waals surface area contributed by atoms with Crippen molar-refractivity contribution in [2.45, 2.75) is 32.4 Å². The summed E-state index contributed by atoms with van der Waals surface area (Å²) < 4.78 is 42.2. The van der Waals surface area contributed by atoms with Crippen molar-refractivity contribution >= 4 is 32.8 Å². The molecule has 1 aliphatic rings. The zero-order valence-corrected chi connectivity index (χ0v) is 19.9. The number of methoxy groups -OCH3 is 1. The largest absolute Gasteiger partial charge is 0.493 e. The fourth-order valence-electron chi connectivity index (χ4n) is 4.02. The lowest BCUT2D eigenvalue weighted by Gasteiger charge is -2.32. The molecule has 1 aliphatic heterocycles. The Morgan fingerprint density at radius 2 is 1.94 bits per heavy atom. The van der Waals surface area contributed by atoms with Crippen LogP contribution in [0.1, 0.15) is 25.3 Å². The first-order chi connectivity index (χ1) is 15.8. The number of nitrogens with one attached hydrogen (secondary N) is 2. The predicted octanol–water partition coefficient (Wildman–Crippen LogP) is 3.68. The quantitative estimate of drug-likeness (QED) is 0.484. The molecule has 0 amide bonds. The molecular formula is C23H30N4O5S. The molecule has 1 saturated heterocycles. The van der Waals surface area contributed by atoms with Crippen LogP contribution in [0.15, 0.2) is 40.8 Å². The minimum atomic E-state index is -3.34. The minimum Gasteiger partial charge on any atom is -0.493 e. The minimum absolute atomic E-state index is 0.262. The van der Waals surface area contributed by atoms with Gasteiger partial charge in [-0.15, -0.1) is 0 Å². The maximum absolute atomic E-state index is 11.4. The molecule has 178 valence electrons. The molecule has 3 aromatic rings. The smallest absolute Gasteiger partial charge is 0.295 e. The molecule has 33 heavy (non-hydrogen) atoms. The third-order valence-electron chi connectivity index (χ3n) is 5.54. The summed E-state index contributed by atoms with van der Waals surface area (Å²) in [5, 5.41) is 3.38. The van der Waals surface area contributed by atoms with Crippen molar-refractivity contribution in [1.82, 2.24) is 9.88 Å². The Balaban J connectivity index is 1.33. The number of benzene rings is 2. The summed E-state index contributed by atoms with van der Waals surface area (Å²) in [7, 11) is -1.69. The number of hydrogen-bond acceptors (Lipinski definition) is 8. The van der Waals surface area contributed by atoms with E-state index < -0.39 is 10.0 Å². The van der Waals surface area contributed by atoms with Gasteiger partial charge in [0, 0.05) is 25.7 Å². The van der Waals surface area contributed by atoms with Gasteiger partial charge in [-0.2, -0.15) is 4.98 Å². The summed E-state index contributed by atoms with van der Waals surface area (Å²) in [5.41, 5.74) is 2.87. The van der Waals surface area contributed by atoms with Crippen molar-refractivity contribution in [2.24, 2.45) is 0 Å². The molecule has 4 rings (SSSR count). The standard InChI is InChI=1S/C23H30N4O5S/c1-4-31-22-13-16(5-7-21(22)30-2)15-27-11-9-17(10-12-27)24-23-25-19-14-18(26-33(3,28)29)6-8-20(19)32-23/h5-8,13-14,17,26H,4,9-12,15H2,1-3H3,(H,24,25). The van der Waals surface area contributed by atoms with Crippen LogP contribution in [0.3, 0.4) is 0 Å². The summed E-state index contributed by atoms with van der Waals surface area (Å²) in [6.45, 7) is 5.33. The second-order valence-electron chi connectivity index (χ2n) is 8.19. The van der Waals surface area contributed by atoms with E-state index >= 15 is 0 Å². The Hall–Kier alpha value is -2.98. The second-order valence-corrected chi connectivity index (χ2v) is 9.94. The molecule has 0 spiro atoms. The van der Waals surface area contributed by atoms with Crippen LogP contribution in [0, 0.1) is 0 Å². The molecule has 2 aromatic carbocycles. The van der Waals surface area contributed by atoms with Gasteiger partial charge in [-0.25, -0.2) is 8.42 Å². The highest BCUT2D eigenvalue weighted by molar-refractivity contribution is 7.92. The van der Waals surface area contributed by atoms with Crippen molar-refractivity contribution < 1.29 is 22.3 Å². The lowest BCUT2D eigenvalue weighted by Crippen LogP contribution is -2.38. The number of fused-ring (bicyclic) bond motifs is 1. The first kappa shape index (κ1) is 23.2. The molecular weight excluding hydrogens is 444 g/mol. The molecule has 0 radical (unpaired) electrons. The third-order valence-corrected chi connectivity index (χ3v) is 6.15. The molecule has 1 fully saturated rings. The van der Waals surface area contributed by atoms with E-state index in [4.69, 9.17) is 13.9 Å². The van der Waals surface area contributed by atoms with E-state index in [1.165, 1.54) is 5.56 Å². The van der Waals surface area contributed by atoms with Gasteiger partial charge < -0.3 is 19.2 Å². The van der Waals surface area contributed by atoms with Gasteiger partial charge in [0.15, 0.2) is 17.1 Å². The monoisotopic (exact) mass is 474 g/mol. The molecule has 0 aliphatic carbocycles. The molecule has 0 saturated carbocycles. The van der Waals surface area contributed by atoms with E-state index in [0.29, 0.717) is 29.4 Å². The SMILES string of the molecule is CCOc1cc(CN2CCC(Nc3nc4cc(NS(C)(=O)=O)ccc4o3)CC2)ccc1OC. The van der Waals surface area contributed by atoms with E-state index in [9.17, 15) is 8.42 Å². The normalized spacial score (nSPS) is 15.5. The fourth-order valence-corrected chi connectivity index (χ4v) is 4.58. The predicted molar refractivity (Wildman–Crippen MR) is 129 cm³/mol. The molecule has 0 unspecified atom stereocenters. The van der Waals surface area contributed by atoms with Gasteiger partial charge in [0.2, 0.25) is 10.0 Å². The fraction of sp³-hybridized carbons (Fsp3) is 0.435. The highest BCUT2D eigenvalue weighted by Gasteiger charge is 2.21. The van der Waals surface area contributed by atoms with E-state index in [2.05, 4.69) is 32.1 Å². The summed E-state index contributed by atoms with van der Waals surface area (Å²) in [6, 6.07) is 11.9. The summed E-state index contributed by atoms with van der Waals surface area (Å²) in [4.78, 5) is 6.90. The van der Waals surface area contributed by atoms with Crippen LogP contribution in [0.4, 0.5) is 11.7 Å². The van der Waals surface area contributed by atoms with Crippen LogP contribution in [-0.2, 0) is 16.6 Å². The number of sulfonamides is 1. The van der Waals surface area contributed by atoms with Gasteiger partial charge in [-0.1, -0.05) is 6.07 Å². The Morgan fingerprint density at radius 1 is 1.15 bits per heavy atom. The zero-order valence-electron chi connectivity index (χ0n) is 19.1. The van der Waals surface area contributed by atoms with Crippen molar-refractivity contribution in [3.05, 3.63) is 42.0 Å². The molecule has 0 bridgehead atoms. The zero-order chi connectivity index (χ0) is 23.4. The number of likely N-dealkylation sites (tertiary alicyclic amines) is 1. The van der Waals surface area contributed by atoms with Gasteiger partial charge in [-0.05, 0) is 55.7 Å². The topological polar surface area (TPSA) is 106 Å². The van der Waals surface area contributed by atoms with Gasteiger partial charge in [0.25, 0.3) is 6.01 Å². The number of piperidine rings is 1. The number of rotatable bonds is 9. The molecule has 0 atom stereocenters. The van der Waals surface area contributed by atoms with Crippen LogP contribution in [0.5, 0.6) is 11.5 Å². The molecule has 2 N–H and O–H groups in total. The number of hydrogen-bond donors (Lipinski definition) is 2. The summed E-state index contributed by atoms with van der Waals surface area (Å²) in [6.07, 6.45) is 3.05. The average Bonchev–Trinajstić information content (AvgIpc) is 3.16. The molecule has 10 heteroatoms. The Labute approximate surface area is 194 Å². The van der Waals surface area contributed by atoms with E-state index in [1.54, 1.807) is 25.3 Å². The van der Waals surface area contributed by atoms with Crippen LogP contribution in [-0.4, -0.2) is 57.4 Å². The Morgan fingerprint density at radius 3 is 2.64 bits per heavy atom. The number of nitrogens with zero attached hydrogens (tertiary/aromatic N) is 2. The number of ether oxygens (including phenoxy) is 2. The van der Waals surface area contributed by atoms with Crippen molar-refractivity contribution in [1.29, 1.82) is 0 Å². The van der Waals surface area contributed by atoms with Crippen molar-refractivity contribution in [3.8, 4) is 11.5 Å². The van der Waals surface area contributed by atoms with Crippen LogP contribution in [0.25, 0.3) is 11.1 Å². The second kappa shape index (κ2) is 9.88. The summed E-state index contributed by atoms with van der Waals surface area (Å²) in [5.74, 6) is 1.53. The van der Waals surface area contributed by atoms with Crippen LogP contribution >= 0.6 is 0 Å². The number of anilines is 2. The van der Waals surface area contributed by atoms with Gasteiger partial charge in [0.05, 0.1) is 25.7 Å². The van der Waals surface area contributed by atoms with Gasteiger partial charge >= 0.3 is 0 Å². The highest BCUT2D eigenvalue weighted by Crippen LogP contribution is 2.29. The molecule has 2 heterocycles. The van der Waals surface area contributed by atoms with E-state index in [1.807, 2.05) is 13.0 Å². The van der Waals surface area contributed by atoms with E-state index in [0.717, 1.165) is 50.2 Å². The number of aromatic nitrogens is 1. The van der Waals surface area contributed by atoms with E-state index in [-0.39, 0.29) is 6.04 Å². The highest BCUT2D eigenvalue weighted by atomic mass is 32.2. The van der Waals surface area contributed by atoms with Crippen LogP contribution < -0.4 is 19.5 Å². The Bertz CT molecular complexity index is 1200. The molecule has 1 aromatic heterocycles. The first-order valence-electron chi connectivity index (χ1n) is 11.0. The third kappa shape index (κ3) is 6.08. The average molecular weight is 475 g/mol. The van der Waals surface area contributed by atoms with Gasteiger partial charge in [0.1, 0.15) is 5.52 Å². The lowest BCUT2D eigenvalue weighted by atomic mass is 10.0. The van der Waals surface area contributed by atoms with Gasteiger partial charge in [-0.3, -0.25) is 9.62 Å².